The Kier molecular flexibility index (Phi) is 65.0. The fourth-order valence-electron chi connectivity index (χ4n) is 9.23. The molecule has 0 saturated carbocycles. The van der Waals surface area contributed by atoms with Gasteiger partial charge in [0.15, 0.2) is 6.10 Å². The van der Waals surface area contributed by atoms with Gasteiger partial charge in [0.1, 0.15) is 25.4 Å². The van der Waals surface area contributed by atoms with E-state index in [0.717, 1.165) is 167 Å². The van der Waals surface area contributed by atoms with Crippen LogP contribution in [-0.4, -0.2) is 95.9 Å². The molecule has 0 spiro atoms. The first kappa shape index (κ1) is 89.0. The highest BCUT2D eigenvalue weighted by molar-refractivity contribution is 7.47. The van der Waals surface area contributed by atoms with Crippen LogP contribution in [0.3, 0.4) is 0 Å². The Labute approximate surface area is 563 Å². The molecular weight excluding hydrogens is 1220 g/mol. The highest BCUT2D eigenvalue weighted by Gasteiger charge is 2.29. The van der Waals surface area contributed by atoms with Crippen LogP contribution in [0.4, 0.5) is 0 Å². The first-order chi connectivity index (χ1) is 45.2. The molecule has 0 aromatic rings. The minimum atomic E-state index is -4.93. The van der Waals surface area contributed by atoms with Crippen LogP contribution in [0.15, 0.2) is 122 Å². The maximum atomic E-state index is 12.9. The molecule has 4 N–H and O–H groups in total. The number of phosphoric ester groups is 2. The number of hydrogen-bond donors (Lipinski definition) is 4. The highest BCUT2D eigenvalue weighted by atomic mass is 31.2. The summed E-state index contributed by atoms with van der Waals surface area (Å²) in [4.78, 5) is 58.5. The van der Waals surface area contributed by atoms with Crippen molar-refractivity contribution in [3.8, 4) is 0 Å². The van der Waals surface area contributed by atoms with E-state index in [0.29, 0.717) is 19.3 Å². The molecule has 0 radical (unpaired) electrons. The van der Waals surface area contributed by atoms with Crippen molar-refractivity contribution in [2.24, 2.45) is 0 Å². The maximum absolute atomic E-state index is 12.9. The first-order valence-electron chi connectivity index (χ1n) is 35.8. The fourth-order valence-corrected chi connectivity index (χ4v) is 10.8. The third kappa shape index (κ3) is 69.1. The summed E-state index contributed by atoms with van der Waals surface area (Å²) in [5.41, 5.74) is 0. The molecule has 0 saturated heterocycles. The van der Waals surface area contributed by atoms with Gasteiger partial charge < -0.3 is 34.2 Å². The lowest BCUT2D eigenvalue weighted by molar-refractivity contribution is -0.161. The number of ether oxygens (including phenoxy) is 3. The van der Waals surface area contributed by atoms with Gasteiger partial charge in [-0.2, -0.15) is 0 Å². The third-order valence-electron chi connectivity index (χ3n) is 14.7. The van der Waals surface area contributed by atoms with Crippen molar-refractivity contribution in [3.05, 3.63) is 122 Å². The molecule has 0 aliphatic rings. The molecular formula is C75H128O16P2. The van der Waals surface area contributed by atoms with Gasteiger partial charge in [0, 0.05) is 19.3 Å². The molecule has 0 heterocycles. The molecule has 5 unspecified atom stereocenters. The van der Waals surface area contributed by atoms with Crippen LogP contribution in [-0.2, 0) is 55.8 Å². The van der Waals surface area contributed by atoms with Crippen molar-refractivity contribution >= 4 is 33.6 Å². The normalized spacial score (nSPS) is 14.9. The predicted octanol–water partition coefficient (Wildman–Crippen LogP) is 20.2. The van der Waals surface area contributed by atoms with Gasteiger partial charge in [0.05, 0.1) is 26.4 Å². The van der Waals surface area contributed by atoms with Crippen molar-refractivity contribution in [1.29, 1.82) is 0 Å². The van der Waals surface area contributed by atoms with E-state index in [2.05, 4.69) is 142 Å². The van der Waals surface area contributed by atoms with Crippen LogP contribution in [0, 0.1) is 0 Å². The minimum Gasteiger partial charge on any atom is -0.463 e. The molecule has 93 heavy (non-hydrogen) atoms. The van der Waals surface area contributed by atoms with Crippen molar-refractivity contribution in [3.63, 3.8) is 0 Å². The van der Waals surface area contributed by atoms with Gasteiger partial charge in [-0.05, 0) is 128 Å². The smallest absolute Gasteiger partial charge is 0.463 e. The van der Waals surface area contributed by atoms with Crippen LogP contribution in [0.2, 0.25) is 0 Å². The monoisotopic (exact) mass is 1350 g/mol. The van der Waals surface area contributed by atoms with Gasteiger partial charge in [-0.15, -0.1) is 0 Å². The van der Waals surface area contributed by atoms with E-state index in [1.165, 1.54) is 51.4 Å². The van der Waals surface area contributed by atoms with E-state index in [1.54, 1.807) is 0 Å². The average Bonchev–Trinajstić information content (AvgIpc) is 3.14. The van der Waals surface area contributed by atoms with Crippen LogP contribution >= 0.6 is 15.6 Å². The van der Waals surface area contributed by atoms with Crippen LogP contribution in [0.5, 0.6) is 0 Å². The Hall–Kier alpha value is -4.05. The molecule has 0 bridgehead atoms. The van der Waals surface area contributed by atoms with Crippen LogP contribution < -0.4 is 0 Å². The Morgan fingerprint density at radius 2 is 0.570 bits per heavy atom. The minimum absolute atomic E-state index is 0.0801. The molecule has 16 nitrogen and oxygen atoms in total. The average molecular weight is 1350 g/mol. The van der Waals surface area contributed by atoms with Gasteiger partial charge >= 0.3 is 33.6 Å². The van der Waals surface area contributed by atoms with Gasteiger partial charge in [-0.1, -0.05) is 251 Å². The van der Waals surface area contributed by atoms with Crippen LogP contribution in [0.25, 0.3) is 0 Å². The van der Waals surface area contributed by atoms with Gasteiger partial charge in [-0.25, -0.2) is 9.13 Å². The lowest BCUT2D eigenvalue weighted by Crippen LogP contribution is -2.30. The first-order valence-corrected chi connectivity index (χ1v) is 38.8. The standard InChI is InChI=1S/C75H128O16P2/c1-4-7-10-13-16-19-22-25-28-30-31-32-33-34-35-36-37-39-42-43-46-49-52-55-58-61-73(78)85-64-70(76)65-87-92(81,82)88-66-71(77)67-89-93(83,84)90-69-72(91-75(80)63-60-57-54-51-48-45-40-27-24-21-18-15-12-9-6-3)68-86-74(79)62-59-56-53-50-47-44-41-38-29-26-23-20-17-14-11-8-5-2/h8-9,11-12,16-21,25-29,31-32,34-35,40,70-72,76-77H,4-7,10,13-15,22-24,30,33,36-39,41-69H2,1-3H3,(H,81,82)(H,83,84)/b11-8-,12-9-,19-16-,20-17-,21-18-,28-25-,29-26-,32-31-,35-34-,40-27-. The summed E-state index contributed by atoms with van der Waals surface area (Å²) in [6.45, 7) is 2.38. The number of aliphatic hydroxyl groups excluding tert-OH is 2. The highest BCUT2D eigenvalue weighted by Crippen LogP contribution is 2.45. The summed E-state index contributed by atoms with van der Waals surface area (Å²) in [6, 6.07) is 0. The Bertz CT molecular complexity index is 2180. The molecule has 0 fully saturated rings. The molecule has 534 valence electrons. The zero-order valence-corrected chi connectivity index (χ0v) is 59.7. The maximum Gasteiger partial charge on any atom is 0.472 e. The zero-order valence-electron chi connectivity index (χ0n) is 57.9. The second-order valence-corrected chi connectivity index (χ2v) is 26.5. The Morgan fingerprint density at radius 3 is 0.903 bits per heavy atom. The summed E-state index contributed by atoms with van der Waals surface area (Å²) < 4.78 is 60.9. The summed E-state index contributed by atoms with van der Waals surface area (Å²) in [5.74, 6) is -1.61. The largest absolute Gasteiger partial charge is 0.472 e. The number of allylic oxidation sites excluding steroid dienone is 20. The summed E-state index contributed by atoms with van der Waals surface area (Å²) >= 11 is 0. The second-order valence-electron chi connectivity index (χ2n) is 23.6. The van der Waals surface area contributed by atoms with Gasteiger partial charge in [-0.3, -0.25) is 32.5 Å². The number of carbonyl (C=O) groups excluding carboxylic acids is 3. The topological polar surface area (TPSA) is 231 Å². The van der Waals surface area contributed by atoms with Gasteiger partial charge in [0.25, 0.3) is 0 Å². The number of unbranched alkanes of at least 4 members (excludes halogenated alkanes) is 24. The van der Waals surface area contributed by atoms with E-state index >= 15 is 0 Å². The van der Waals surface area contributed by atoms with Crippen molar-refractivity contribution < 1.29 is 75.8 Å². The third-order valence-corrected chi connectivity index (χ3v) is 16.6. The number of rotatable bonds is 67. The number of phosphoric acid groups is 2. The van der Waals surface area contributed by atoms with E-state index < -0.39 is 91.5 Å². The number of esters is 3. The summed E-state index contributed by atoms with van der Waals surface area (Å²) in [5, 5.41) is 20.6. The van der Waals surface area contributed by atoms with E-state index in [-0.39, 0.29) is 19.3 Å². The number of aliphatic hydroxyl groups is 2. The van der Waals surface area contributed by atoms with Crippen LogP contribution in [0.1, 0.15) is 278 Å². The molecule has 0 aliphatic heterocycles. The van der Waals surface area contributed by atoms with E-state index in [9.17, 15) is 43.5 Å². The Morgan fingerprint density at radius 1 is 0.312 bits per heavy atom. The molecule has 0 aromatic carbocycles. The molecule has 0 amide bonds. The van der Waals surface area contributed by atoms with Gasteiger partial charge in [0.2, 0.25) is 0 Å². The summed E-state index contributed by atoms with van der Waals surface area (Å²) in [7, 11) is -9.79. The Balaban J connectivity index is 4.60. The molecule has 18 heteroatoms. The van der Waals surface area contributed by atoms with Crippen molar-refractivity contribution in [2.45, 2.75) is 296 Å². The quantitative estimate of drug-likeness (QED) is 0.0146. The molecule has 0 aromatic heterocycles. The lowest BCUT2D eigenvalue weighted by Gasteiger charge is -2.21. The molecule has 5 atom stereocenters. The van der Waals surface area contributed by atoms with Crippen molar-refractivity contribution in [1.82, 2.24) is 0 Å². The fraction of sp³-hybridized carbons (Fsp3) is 0.693. The lowest BCUT2D eigenvalue weighted by atomic mass is 10.1. The van der Waals surface area contributed by atoms with Crippen molar-refractivity contribution in [2.75, 3.05) is 39.6 Å². The SMILES string of the molecule is CC/C=C\C/C=C\C/C=C\CCCCCCCCCC(=O)OCC(COP(=O)(O)OCC(O)COP(=O)(O)OCC(O)COC(=O)CCCCCCCCCCC/C=C\C/C=C\C/C=C\C/C=C\CCCCC)OC(=O)CCCCCCC/C=C\C/C=C\C/C=C\CC. The van der Waals surface area contributed by atoms with E-state index in [1.807, 2.05) is 0 Å². The molecule has 0 rings (SSSR count). The second kappa shape index (κ2) is 67.9. The molecule has 0 aliphatic carbocycles. The summed E-state index contributed by atoms with van der Waals surface area (Å²) in [6.07, 6.45) is 78.2. The number of hydrogen-bond acceptors (Lipinski definition) is 14. The van der Waals surface area contributed by atoms with E-state index in [4.69, 9.17) is 32.3 Å². The zero-order chi connectivity index (χ0) is 68.1. The number of carbonyl (C=O) groups is 3. The predicted molar refractivity (Wildman–Crippen MR) is 380 cm³/mol.